The summed E-state index contributed by atoms with van der Waals surface area (Å²) in [6, 6.07) is 8.41. The van der Waals surface area contributed by atoms with E-state index in [1.165, 1.54) is 12.0 Å². The van der Waals surface area contributed by atoms with Crippen molar-refractivity contribution in [2.45, 2.75) is 25.3 Å². The predicted molar refractivity (Wildman–Crippen MR) is 70.2 cm³/mol. The van der Waals surface area contributed by atoms with Gasteiger partial charge in [0.05, 0.1) is 16.1 Å². The summed E-state index contributed by atoms with van der Waals surface area (Å²) in [6.45, 7) is 1.90. The molecule has 1 fully saturated rings. The number of hydrogen-bond donors (Lipinski definition) is 0. The molecule has 1 aliphatic rings. The molecule has 0 bridgehead atoms. The molecule has 2 nitrogen and oxygen atoms in total. The average Bonchev–Trinajstić information content (AvgIpc) is 2.78. The third-order valence-electron chi connectivity index (χ3n) is 3.20. The predicted octanol–water partition coefficient (Wildman–Crippen LogP) is 4.04. The Balaban J connectivity index is 2.15. The lowest BCUT2D eigenvalue weighted by molar-refractivity contribution is 0.263. The summed E-state index contributed by atoms with van der Waals surface area (Å²) >= 11 is 12.0. The van der Waals surface area contributed by atoms with Crippen LogP contribution in [0.1, 0.15) is 30.9 Å². The van der Waals surface area contributed by atoms with Crippen LogP contribution in [-0.2, 0) is 0 Å². The fourth-order valence-electron chi connectivity index (χ4n) is 2.38. The first-order valence-corrected chi connectivity index (χ1v) is 6.54. The van der Waals surface area contributed by atoms with E-state index < -0.39 is 0 Å². The molecule has 0 saturated carbocycles. The van der Waals surface area contributed by atoms with Crippen LogP contribution in [0.2, 0.25) is 10.0 Å². The first-order chi connectivity index (χ1) is 8.22. The summed E-state index contributed by atoms with van der Waals surface area (Å²) < 4.78 is 0. The smallest absolute Gasteiger partial charge is 0.0635 e. The summed E-state index contributed by atoms with van der Waals surface area (Å²) in [5, 5.41) is 9.85. The molecule has 0 spiro atoms. The molecule has 1 saturated heterocycles. The van der Waals surface area contributed by atoms with Gasteiger partial charge in [-0.15, -0.1) is 0 Å². The third kappa shape index (κ3) is 2.93. The summed E-state index contributed by atoms with van der Waals surface area (Å²) in [6.07, 6.45) is 2.89. The molecule has 90 valence electrons. The molecule has 1 aromatic carbocycles. The zero-order chi connectivity index (χ0) is 12.3. The fraction of sp³-hybridized carbons (Fsp3) is 0.462. The average molecular weight is 269 g/mol. The van der Waals surface area contributed by atoms with Crippen molar-refractivity contribution < 1.29 is 0 Å². The second-order valence-corrected chi connectivity index (χ2v) is 5.09. The van der Waals surface area contributed by atoms with E-state index >= 15 is 0 Å². The van der Waals surface area contributed by atoms with E-state index in [4.69, 9.17) is 28.5 Å². The SMILES string of the molecule is N#CCCN1CCCC1c1ccc(Cl)c(Cl)c1. The van der Waals surface area contributed by atoms with Crippen LogP contribution < -0.4 is 0 Å². The molecule has 17 heavy (non-hydrogen) atoms. The summed E-state index contributed by atoms with van der Waals surface area (Å²) in [7, 11) is 0. The molecule has 4 heteroatoms. The first kappa shape index (κ1) is 12.7. The molecule has 1 heterocycles. The van der Waals surface area contributed by atoms with Crippen molar-refractivity contribution in [3.05, 3.63) is 33.8 Å². The van der Waals surface area contributed by atoms with Crippen LogP contribution >= 0.6 is 23.2 Å². The van der Waals surface area contributed by atoms with Crippen LogP contribution in [0.15, 0.2) is 18.2 Å². The molecule has 1 atom stereocenters. The highest BCUT2D eigenvalue weighted by Gasteiger charge is 2.25. The van der Waals surface area contributed by atoms with Crippen LogP contribution in [0.3, 0.4) is 0 Å². The molecule has 0 radical (unpaired) electrons. The molecule has 0 amide bonds. The Hall–Kier alpha value is -0.750. The van der Waals surface area contributed by atoms with Gasteiger partial charge in [-0.3, -0.25) is 4.90 Å². The Morgan fingerprint density at radius 1 is 1.35 bits per heavy atom. The van der Waals surface area contributed by atoms with Crippen LogP contribution in [0, 0.1) is 11.3 Å². The Morgan fingerprint density at radius 2 is 2.18 bits per heavy atom. The topological polar surface area (TPSA) is 27.0 Å². The number of nitrogens with zero attached hydrogens (tertiary/aromatic N) is 2. The van der Waals surface area contributed by atoms with Gasteiger partial charge in [-0.2, -0.15) is 5.26 Å². The minimum Gasteiger partial charge on any atom is -0.295 e. The van der Waals surface area contributed by atoms with Gasteiger partial charge < -0.3 is 0 Å². The van der Waals surface area contributed by atoms with E-state index in [0.29, 0.717) is 22.5 Å². The van der Waals surface area contributed by atoms with Crippen LogP contribution in [0.4, 0.5) is 0 Å². The van der Waals surface area contributed by atoms with Gasteiger partial charge >= 0.3 is 0 Å². The number of hydrogen-bond acceptors (Lipinski definition) is 2. The van der Waals surface area contributed by atoms with Gasteiger partial charge in [0, 0.05) is 19.0 Å². The van der Waals surface area contributed by atoms with Gasteiger partial charge in [0.25, 0.3) is 0 Å². The van der Waals surface area contributed by atoms with Crippen molar-refractivity contribution in [3.8, 4) is 6.07 Å². The zero-order valence-electron chi connectivity index (χ0n) is 9.50. The van der Waals surface area contributed by atoms with Gasteiger partial charge in [-0.1, -0.05) is 29.3 Å². The number of likely N-dealkylation sites (tertiary alicyclic amines) is 1. The van der Waals surface area contributed by atoms with Gasteiger partial charge in [0.1, 0.15) is 0 Å². The minimum absolute atomic E-state index is 0.387. The first-order valence-electron chi connectivity index (χ1n) is 5.78. The Kier molecular flexibility index (Phi) is 4.28. The molecular formula is C13H14Cl2N2. The number of halogens is 2. The second kappa shape index (κ2) is 5.73. The highest BCUT2D eigenvalue weighted by atomic mass is 35.5. The van der Waals surface area contributed by atoms with Gasteiger partial charge in [-0.05, 0) is 37.1 Å². The van der Waals surface area contributed by atoms with Crippen molar-refractivity contribution in [2.24, 2.45) is 0 Å². The molecule has 0 N–H and O–H groups in total. The lowest BCUT2D eigenvalue weighted by Crippen LogP contribution is -2.24. The van der Waals surface area contributed by atoms with Gasteiger partial charge in [0.15, 0.2) is 0 Å². The maximum absolute atomic E-state index is 8.65. The highest BCUT2D eigenvalue weighted by Crippen LogP contribution is 2.34. The molecule has 1 unspecified atom stereocenters. The Bertz CT molecular complexity index is 440. The fourth-order valence-corrected chi connectivity index (χ4v) is 2.69. The lowest BCUT2D eigenvalue weighted by Gasteiger charge is -2.24. The third-order valence-corrected chi connectivity index (χ3v) is 3.94. The molecular weight excluding hydrogens is 255 g/mol. The second-order valence-electron chi connectivity index (χ2n) is 4.28. The maximum atomic E-state index is 8.65. The van der Waals surface area contributed by atoms with Crippen molar-refractivity contribution in [1.29, 1.82) is 5.26 Å². The van der Waals surface area contributed by atoms with Crippen molar-refractivity contribution in [1.82, 2.24) is 4.90 Å². The summed E-state index contributed by atoms with van der Waals surface area (Å²) in [5.41, 5.74) is 1.20. The monoisotopic (exact) mass is 268 g/mol. The van der Waals surface area contributed by atoms with Crippen LogP contribution in [0.25, 0.3) is 0 Å². The van der Waals surface area contributed by atoms with Gasteiger partial charge in [-0.25, -0.2) is 0 Å². The Morgan fingerprint density at radius 3 is 2.88 bits per heavy atom. The van der Waals surface area contributed by atoms with E-state index in [-0.39, 0.29) is 0 Å². The molecule has 1 aliphatic heterocycles. The maximum Gasteiger partial charge on any atom is 0.0635 e. The van der Waals surface area contributed by atoms with E-state index in [9.17, 15) is 0 Å². The Labute approximate surface area is 112 Å². The number of benzene rings is 1. The number of rotatable bonds is 3. The van der Waals surface area contributed by atoms with E-state index in [1.54, 1.807) is 0 Å². The van der Waals surface area contributed by atoms with Gasteiger partial charge in [0.2, 0.25) is 0 Å². The lowest BCUT2D eigenvalue weighted by atomic mass is 10.0. The standard InChI is InChI=1S/C13H14Cl2N2/c14-11-5-4-10(9-12(11)15)13-3-1-7-17(13)8-2-6-16/h4-5,9,13H,1-3,7-8H2. The molecule has 0 aromatic heterocycles. The number of nitriles is 1. The largest absolute Gasteiger partial charge is 0.295 e. The van der Waals surface area contributed by atoms with Crippen molar-refractivity contribution in [3.63, 3.8) is 0 Å². The van der Waals surface area contributed by atoms with Crippen LogP contribution in [0.5, 0.6) is 0 Å². The molecule has 2 rings (SSSR count). The van der Waals surface area contributed by atoms with Crippen LogP contribution in [-0.4, -0.2) is 18.0 Å². The summed E-state index contributed by atoms with van der Waals surface area (Å²) in [5.74, 6) is 0. The van der Waals surface area contributed by atoms with Crippen molar-refractivity contribution >= 4 is 23.2 Å². The van der Waals surface area contributed by atoms with E-state index in [1.807, 2.05) is 18.2 Å². The minimum atomic E-state index is 0.387. The van der Waals surface area contributed by atoms with E-state index in [0.717, 1.165) is 19.5 Å². The molecule has 1 aromatic rings. The quantitative estimate of drug-likeness (QED) is 0.827. The summed E-state index contributed by atoms with van der Waals surface area (Å²) in [4.78, 5) is 2.35. The normalized spacial score (nSPS) is 20.4. The van der Waals surface area contributed by atoms with Crippen molar-refractivity contribution in [2.75, 3.05) is 13.1 Å². The highest BCUT2D eigenvalue weighted by molar-refractivity contribution is 6.42. The van der Waals surface area contributed by atoms with E-state index in [2.05, 4.69) is 11.0 Å². The zero-order valence-corrected chi connectivity index (χ0v) is 11.0. The molecule has 0 aliphatic carbocycles.